The summed E-state index contributed by atoms with van der Waals surface area (Å²) < 4.78 is 17.2. The first kappa shape index (κ1) is 16.5. The molecule has 2 aliphatic rings. The molecule has 0 unspecified atom stereocenters. The molecular formula is C18H25NO4. The van der Waals surface area contributed by atoms with E-state index in [0.717, 1.165) is 5.56 Å². The van der Waals surface area contributed by atoms with Crippen LogP contribution in [0.5, 0.6) is 0 Å². The number of hydrogen-bond donors (Lipinski definition) is 2. The van der Waals surface area contributed by atoms with Crippen LogP contribution in [0.3, 0.4) is 0 Å². The van der Waals surface area contributed by atoms with Crippen molar-refractivity contribution < 1.29 is 19.3 Å². The van der Waals surface area contributed by atoms with Crippen molar-refractivity contribution in [1.29, 1.82) is 0 Å². The average molecular weight is 319 g/mol. The Hall–Kier alpha value is -1.40. The van der Waals surface area contributed by atoms with Gasteiger partial charge in [-0.25, -0.2) is 0 Å². The Kier molecular flexibility index (Phi) is 4.47. The fraction of sp³-hybridized carbons (Fsp3) is 0.556. The minimum Gasteiger partial charge on any atom is -0.488 e. The van der Waals surface area contributed by atoms with Crippen LogP contribution in [0.15, 0.2) is 42.7 Å². The maximum Gasteiger partial charge on any atom is 0.163 e. The van der Waals surface area contributed by atoms with E-state index in [4.69, 9.17) is 14.2 Å². The van der Waals surface area contributed by atoms with Crippen molar-refractivity contribution in [2.45, 2.75) is 57.0 Å². The lowest BCUT2D eigenvalue weighted by atomic mass is 10.0. The third-order valence-corrected chi connectivity index (χ3v) is 4.44. The van der Waals surface area contributed by atoms with Gasteiger partial charge in [0.05, 0.1) is 12.6 Å². The molecule has 1 aromatic rings. The number of rotatable bonds is 4. The Labute approximate surface area is 137 Å². The van der Waals surface area contributed by atoms with E-state index in [1.165, 1.54) is 0 Å². The van der Waals surface area contributed by atoms with Gasteiger partial charge in [-0.05, 0) is 26.3 Å². The normalized spacial score (nSPS) is 34.3. The van der Waals surface area contributed by atoms with Crippen molar-refractivity contribution in [2.75, 3.05) is 6.61 Å². The number of benzene rings is 1. The monoisotopic (exact) mass is 319 g/mol. The predicted octanol–water partition coefficient (Wildman–Crippen LogP) is 2.13. The van der Waals surface area contributed by atoms with E-state index >= 15 is 0 Å². The molecule has 2 aliphatic heterocycles. The van der Waals surface area contributed by atoms with Crippen LogP contribution < -0.4 is 5.32 Å². The number of hydrogen-bond acceptors (Lipinski definition) is 5. The van der Waals surface area contributed by atoms with Crippen LogP contribution in [0, 0.1) is 0 Å². The summed E-state index contributed by atoms with van der Waals surface area (Å²) in [6.45, 7) is 10.1. The third-order valence-electron chi connectivity index (χ3n) is 4.44. The molecule has 0 saturated carbocycles. The molecule has 0 aliphatic carbocycles. The highest BCUT2D eigenvalue weighted by Gasteiger charge is 2.49. The van der Waals surface area contributed by atoms with E-state index in [9.17, 15) is 5.11 Å². The second kappa shape index (κ2) is 6.24. The van der Waals surface area contributed by atoms with Crippen LogP contribution in [0.1, 0.15) is 32.4 Å². The fourth-order valence-electron chi connectivity index (χ4n) is 3.17. The molecule has 0 amide bonds. The summed E-state index contributed by atoms with van der Waals surface area (Å²) in [6.07, 6.45) is -1.49. The fourth-order valence-corrected chi connectivity index (χ4v) is 3.17. The van der Waals surface area contributed by atoms with Crippen LogP contribution >= 0.6 is 0 Å². The highest BCUT2D eigenvalue weighted by atomic mass is 16.8. The Morgan fingerprint density at radius 2 is 2.00 bits per heavy atom. The Balaban J connectivity index is 1.66. The summed E-state index contributed by atoms with van der Waals surface area (Å²) in [5.74, 6) is -0.101. The molecule has 0 radical (unpaired) electrons. The van der Waals surface area contributed by atoms with Gasteiger partial charge in [0.15, 0.2) is 11.9 Å². The summed E-state index contributed by atoms with van der Waals surface area (Å²) >= 11 is 0. The lowest BCUT2D eigenvalue weighted by Crippen LogP contribution is -2.46. The minimum atomic E-state index is -0.726. The van der Waals surface area contributed by atoms with E-state index in [1.807, 2.05) is 32.0 Å². The maximum atomic E-state index is 10.7. The second-order valence-corrected chi connectivity index (χ2v) is 6.68. The molecule has 5 atom stereocenters. The van der Waals surface area contributed by atoms with Gasteiger partial charge in [0.1, 0.15) is 18.0 Å². The molecule has 2 N–H and O–H groups in total. The molecule has 126 valence electrons. The van der Waals surface area contributed by atoms with Crippen LogP contribution in [-0.2, 0) is 14.2 Å². The summed E-state index contributed by atoms with van der Waals surface area (Å²) in [5, 5.41) is 14.1. The molecule has 2 saturated heterocycles. The minimum absolute atomic E-state index is 0.0761. The van der Waals surface area contributed by atoms with Crippen molar-refractivity contribution in [3.63, 3.8) is 0 Å². The highest BCUT2D eigenvalue weighted by Crippen LogP contribution is 2.33. The zero-order chi connectivity index (χ0) is 16.6. The molecule has 5 heteroatoms. The molecule has 1 aromatic carbocycles. The average Bonchev–Trinajstić information content (AvgIpc) is 3.01. The zero-order valence-corrected chi connectivity index (χ0v) is 13.9. The van der Waals surface area contributed by atoms with Crippen LogP contribution in [0.4, 0.5) is 0 Å². The van der Waals surface area contributed by atoms with Gasteiger partial charge >= 0.3 is 0 Å². The summed E-state index contributed by atoms with van der Waals surface area (Å²) in [4.78, 5) is 0. The van der Waals surface area contributed by atoms with Gasteiger partial charge < -0.3 is 19.3 Å². The van der Waals surface area contributed by atoms with Crippen LogP contribution in [-0.4, -0.2) is 41.9 Å². The van der Waals surface area contributed by atoms with Gasteiger partial charge in [0, 0.05) is 6.04 Å². The smallest absolute Gasteiger partial charge is 0.163 e. The molecule has 0 bridgehead atoms. The second-order valence-electron chi connectivity index (χ2n) is 6.68. The first-order valence-electron chi connectivity index (χ1n) is 8.04. The first-order chi connectivity index (χ1) is 10.9. The molecule has 0 aromatic heterocycles. The quantitative estimate of drug-likeness (QED) is 0.890. The Morgan fingerprint density at radius 3 is 2.61 bits per heavy atom. The van der Waals surface area contributed by atoms with Gasteiger partial charge in [-0.2, -0.15) is 0 Å². The van der Waals surface area contributed by atoms with E-state index in [2.05, 4.69) is 31.0 Å². The summed E-state index contributed by atoms with van der Waals surface area (Å²) in [5.41, 5.74) is 1.15. The van der Waals surface area contributed by atoms with Crippen molar-refractivity contribution in [3.05, 3.63) is 48.2 Å². The van der Waals surface area contributed by atoms with Crippen molar-refractivity contribution in [2.24, 2.45) is 0 Å². The number of aliphatic hydroxyl groups excluding tert-OH is 1. The SMILES string of the molecule is C=C1O[C@H]([C@H]2COC(C)(C)O2)[C@H](O)[C@H]1N[C@H](C)c1ccccc1. The largest absolute Gasteiger partial charge is 0.488 e. The molecule has 2 heterocycles. The maximum absolute atomic E-state index is 10.7. The van der Waals surface area contributed by atoms with E-state index < -0.39 is 18.0 Å². The van der Waals surface area contributed by atoms with Crippen molar-refractivity contribution in [1.82, 2.24) is 5.32 Å². The molecule has 2 fully saturated rings. The lowest BCUT2D eigenvalue weighted by Gasteiger charge is -2.24. The Morgan fingerprint density at radius 1 is 1.30 bits per heavy atom. The van der Waals surface area contributed by atoms with Gasteiger partial charge in [0.25, 0.3) is 0 Å². The van der Waals surface area contributed by atoms with Crippen molar-refractivity contribution >= 4 is 0 Å². The van der Waals surface area contributed by atoms with Gasteiger partial charge in [-0.15, -0.1) is 0 Å². The van der Waals surface area contributed by atoms with E-state index in [0.29, 0.717) is 12.4 Å². The summed E-state index contributed by atoms with van der Waals surface area (Å²) in [7, 11) is 0. The lowest BCUT2D eigenvalue weighted by molar-refractivity contribution is -0.156. The van der Waals surface area contributed by atoms with Gasteiger partial charge in [-0.3, -0.25) is 5.32 Å². The number of nitrogens with one attached hydrogen (secondary N) is 1. The predicted molar refractivity (Wildman–Crippen MR) is 86.7 cm³/mol. The Bertz CT molecular complexity index is 559. The third kappa shape index (κ3) is 3.43. The number of ether oxygens (including phenoxy) is 3. The van der Waals surface area contributed by atoms with Crippen LogP contribution in [0.2, 0.25) is 0 Å². The number of aliphatic hydroxyl groups is 1. The van der Waals surface area contributed by atoms with Crippen molar-refractivity contribution in [3.8, 4) is 0 Å². The van der Waals surface area contributed by atoms with E-state index in [-0.39, 0.29) is 18.2 Å². The molecular weight excluding hydrogens is 294 g/mol. The topological polar surface area (TPSA) is 60.0 Å². The van der Waals surface area contributed by atoms with Gasteiger partial charge in [-0.1, -0.05) is 36.9 Å². The van der Waals surface area contributed by atoms with E-state index in [1.54, 1.807) is 0 Å². The molecule has 23 heavy (non-hydrogen) atoms. The van der Waals surface area contributed by atoms with Crippen LogP contribution in [0.25, 0.3) is 0 Å². The molecule has 5 nitrogen and oxygen atoms in total. The first-order valence-corrected chi connectivity index (χ1v) is 8.04. The highest BCUT2D eigenvalue weighted by molar-refractivity contribution is 5.20. The standard InChI is InChI=1S/C18H25NO4/c1-11(13-8-6-5-7-9-13)19-15-12(2)22-17(16(15)20)14-10-21-18(3,4)23-14/h5-9,11,14-17,19-20H,2,10H2,1,3-4H3/t11-,14-,15+,16-,17-/m1/s1. The molecule has 3 rings (SSSR count). The summed E-state index contributed by atoms with van der Waals surface area (Å²) in [6, 6.07) is 9.83. The van der Waals surface area contributed by atoms with Gasteiger partial charge in [0.2, 0.25) is 0 Å². The zero-order valence-electron chi connectivity index (χ0n) is 13.9. The molecule has 0 spiro atoms.